The predicted octanol–water partition coefficient (Wildman–Crippen LogP) is 2.85. The molecule has 1 aromatic rings. The number of pyridine rings is 1. The first-order chi connectivity index (χ1) is 9.65. The van der Waals surface area contributed by atoms with E-state index in [4.69, 9.17) is 21.3 Å². The minimum atomic E-state index is 0.243. The van der Waals surface area contributed by atoms with E-state index >= 15 is 0 Å². The fourth-order valence-electron chi connectivity index (χ4n) is 2.46. The lowest BCUT2D eigenvalue weighted by molar-refractivity contribution is 0.0296. The third-order valence-corrected chi connectivity index (χ3v) is 4.02. The number of ether oxygens (including phenoxy) is 1. The lowest BCUT2D eigenvalue weighted by Crippen LogP contribution is -2.49. The van der Waals surface area contributed by atoms with Crippen molar-refractivity contribution in [2.75, 3.05) is 24.6 Å². The van der Waals surface area contributed by atoms with Crippen LogP contribution in [0.2, 0.25) is 5.02 Å². The van der Waals surface area contributed by atoms with Crippen LogP contribution in [0.3, 0.4) is 0 Å². The molecule has 0 bridgehead atoms. The van der Waals surface area contributed by atoms with Gasteiger partial charge in [-0.15, -0.1) is 0 Å². The number of aromatic nitrogens is 1. The van der Waals surface area contributed by atoms with Gasteiger partial charge in [-0.25, -0.2) is 4.98 Å². The number of rotatable bonds is 5. The van der Waals surface area contributed by atoms with Gasteiger partial charge in [-0.1, -0.05) is 25.4 Å². The van der Waals surface area contributed by atoms with E-state index in [0.29, 0.717) is 12.6 Å². The highest BCUT2D eigenvalue weighted by atomic mass is 35.5. The monoisotopic (exact) mass is 297 g/mol. The lowest BCUT2D eigenvalue weighted by atomic mass is 10.1. The molecule has 1 aliphatic heterocycles. The molecule has 1 aromatic heterocycles. The van der Waals surface area contributed by atoms with Gasteiger partial charge in [-0.3, -0.25) is 0 Å². The number of hydrogen-bond donors (Lipinski definition) is 1. The van der Waals surface area contributed by atoms with E-state index in [1.807, 2.05) is 12.1 Å². The lowest BCUT2D eigenvalue weighted by Gasteiger charge is -2.39. The van der Waals surface area contributed by atoms with Gasteiger partial charge in [0.25, 0.3) is 0 Å². The van der Waals surface area contributed by atoms with E-state index in [2.05, 4.69) is 31.0 Å². The number of nitrogens with zero attached hydrogens (tertiary/aromatic N) is 2. The molecule has 0 spiro atoms. The van der Waals surface area contributed by atoms with Crippen molar-refractivity contribution in [1.82, 2.24) is 10.3 Å². The molecule has 2 atom stereocenters. The Morgan fingerprint density at radius 3 is 2.95 bits per heavy atom. The maximum Gasteiger partial charge on any atom is 0.129 e. The Labute approximate surface area is 126 Å². The van der Waals surface area contributed by atoms with Crippen molar-refractivity contribution in [1.29, 1.82) is 0 Å². The van der Waals surface area contributed by atoms with Crippen LogP contribution < -0.4 is 10.2 Å². The molecule has 1 aliphatic rings. The molecule has 1 fully saturated rings. The standard InChI is InChI=1S/C15H24ClN3O/c1-4-12-10-20-11(3)9-19(12)15-7-6-13(16)14(18-15)8-17-5-2/h6-7,11-12,17H,4-5,8-10H2,1-3H3. The van der Waals surface area contributed by atoms with Gasteiger partial charge in [0, 0.05) is 13.1 Å². The van der Waals surface area contributed by atoms with Gasteiger partial charge >= 0.3 is 0 Å². The molecular weight excluding hydrogens is 274 g/mol. The third kappa shape index (κ3) is 3.62. The van der Waals surface area contributed by atoms with Gasteiger partial charge in [0.15, 0.2) is 0 Å². The summed E-state index contributed by atoms with van der Waals surface area (Å²) in [5.74, 6) is 1.00. The molecule has 2 heterocycles. The summed E-state index contributed by atoms with van der Waals surface area (Å²) in [4.78, 5) is 7.09. The molecule has 0 saturated carbocycles. The quantitative estimate of drug-likeness (QED) is 0.907. The van der Waals surface area contributed by atoms with Gasteiger partial charge < -0.3 is 15.0 Å². The summed E-state index contributed by atoms with van der Waals surface area (Å²) < 4.78 is 5.74. The van der Waals surface area contributed by atoms with Gasteiger partial charge in [0.2, 0.25) is 0 Å². The molecule has 0 aromatic carbocycles. The number of morpholine rings is 1. The Morgan fingerprint density at radius 1 is 1.45 bits per heavy atom. The van der Waals surface area contributed by atoms with Crippen molar-refractivity contribution < 1.29 is 4.74 Å². The number of hydrogen-bond acceptors (Lipinski definition) is 4. The number of nitrogens with one attached hydrogen (secondary N) is 1. The molecule has 2 rings (SSSR count). The predicted molar refractivity (Wildman–Crippen MR) is 83.5 cm³/mol. The smallest absolute Gasteiger partial charge is 0.129 e. The highest BCUT2D eigenvalue weighted by Crippen LogP contribution is 2.24. The van der Waals surface area contributed by atoms with E-state index in [1.54, 1.807) is 0 Å². The molecule has 20 heavy (non-hydrogen) atoms. The molecule has 0 aliphatic carbocycles. The number of halogens is 1. The second-order valence-electron chi connectivity index (χ2n) is 5.24. The maximum atomic E-state index is 6.22. The van der Waals surface area contributed by atoms with Crippen molar-refractivity contribution in [3.05, 3.63) is 22.8 Å². The molecule has 0 radical (unpaired) electrons. The van der Waals surface area contributed by atoms with Gasteiger partial charge in [-0.05, 0) is 32.0 Å². The Balaban J connectivity index is 2.21. The zero-order chi connectivity index (χ0) is 14.5. The maximum absolute atomic E-state index is 6.22. The van der Waals surface area contributed by atoms with Crippen molar-refractivity contribution in [2.24, 2.45) is 0 Å². The Kier molecular flexibility index (Phi) is 5.64. The fraction of sp³-hybridized carbons (Fsp3) is 0.667. The number of anilines is 1. The summed E-state index contributed by atoms with van der Waals surface area (Å²) in [6.07, 6.45) is 1.30. The summed E-state index contributed by atoms with van der Waals surface area (Å²) in [6, 6.07) is 4.36. The van der Waals surface area contributed by atoms with Crippen molar-refractivity contribution in [3.63, 3.8) is 0 Å². The zero-order valence-electron chi connectivity index (χ0n) is 12.5. The van der Waals surface area contributed by atoms with Crippen LogP contribution in [-0.4, -0.2) is 36.8 Å². The molecule has 112 valence electrons. The first-order valence-corrected chi connectivity index (χ1v) is 7.77. The van der Waals surface area contributed by atoms with E-state index in [9.17, 15) is 0 Å². The minimum absolute atomic E-state index is 0.243. The highest BCUT2D eigenvalue weighted by molar-refractivity contribution is 6.31. The molecular formula is C15H24ClN3O. The second-order valence-corrected chi connectivity index (χ2v) is 5.64. The largest absolute Gasteiger partial charge is 0.375 e. The van der Waals surface area contributed by atoms with Crippen molar-refractivity contribution >= 4 is 17.4 Å². The van der Waals surface area contributed by atoms with E-state index in [0.717, 1.165) is 42.7 Å². The molecule has 0 amide bonds. The Bertz CT molecular complexity index is 441. The van der Waals surface area contributed by atoms with Crippen molar-refractivity contribution in [2.45, 2.75) is 45.9 Å². The minimum Gasteiger partial charge on any atom is -0.375 e. The van der Waals surface area contributed by atoms with Crippen LogP contribution >= 0.6 is 11.6 Å². The van der Waals surface area contributed by atoms with Crippen LogP contribution in [-0.2, 0) is 11.3 Å². The SMILES string of the molecule is CCNCc1nc(N2CC(C)OCC2CC)ccc1Cl. The van der Waals surface area contributed by atoms with Crippen LogP contribution in [0.15, 0.2) is 12.1 Å². The van der Waals surface area contributed by atoms with Crippen LogP contribution in [0.1, 0.15) is 32.9 Å². The van der Waals surface area contributed by atoms with Crippen LogP contribution in [0.4, 0.5) is 5.82 Å². The normalized spacial score (nSPS) is 23.1. The van der Waals surface area contributed by atoms with E-state index in [-0.39, 0.29) is 6.10 Å². The summed E-state index contributed by atoms with van der Waals surface area (Å²) in [5, 5.41) is 4.01. The average Bonchev–Trinajstić information content (AvgIpc) is 2.46. The van der Waals surface area contributed by atoms with Crippen LogP contribution in [0.5, 0.6) is 0 Å². The van der Waals surface area contributed by atoms with Crippen LogP contribution in [0.25, 0.3) is 0 Å². The molecule has 1 N–H and O–H groups in total. The van der Waals surface area contributed by atoms with Crippen molar-refractivity contribution in [3.8, 4) is 0 Å². The van der Waals surface area contributed by atoms with E-state index < -0.39 is 0 Å². The summed E-state index contributed by atoms with van der Waals surface area (Å²) >= 11 is 6.22. The second kappa shape index (κ2) is 7.25. The Morgan fingerprint density at radius 2 is 2.25 bits per heavy atom. The average molecular weight is 298 g/mol. The summed E-state index contributed by atoms with van der Waals surface area (Å²) in [7, 11) is 0. The fourth-order valence-corrected chi connectivity index (χ4v) is 2.64. The third-order valence-electron chi connectivity index (χ3n) is 3.68. The summed E-state index contributed by atoms with van der Waals surface area (Å²) in [5.41, 5.74) is 0.917. The first-order valence-electron chi connectivity index (χ1n) is 7.40. The van der Waals surface area contributed by atoms with Crippen LogP contribution in [0, 0.1) is 0 Å². The first kappa shape index (κ1) is 15.5. The Hall–Kier alpha value is -0.840. The van der Waals surface area contributed by atoms with Gasteiger partial charge in [0.05, 0.1) is 29.5 Å². The molecule has 1 saturated heterocycles. The van der Waals surface area contributed by atoms with E-state index in [1.165, 1.54) is 0 Å². The topological polar surface area (TPSA) is 37.4 Å². The van der Waals surface area contributed by atoms with Gasteiger partial charge in [0.1, 0.15) is 5.82 Å². The molecule has 2 unspecified atom stereocenters. The molecule has 4 nitrogen and oxygen atoms in total. The highest BCUT2D eigenvalue weighted by Gasteiger charge is 2.26. The molecule has 5 heteroatoms. The summed E-state index contributed by atoms with van der Waals surface area (Å²) in [6.45, 7) is 9.64. The zero-order valence-corrected chi connectivity index (χ0v) is 13.3. The van der Waals surface area contributed by atoms with Gasteiger partial charge in [-0.2, -0.15) is 0 Å².